The van der Waals surface area contributed by atoms with Crippen LogP contribution in [0.2, 0.25) is 0 Å². The number of allylic oxidation sites excluding steroid dienone is 2. The minimum absolute atomic E-state index is 0. The molecule has 43 heavy (non-hydrogen) atoms. The van der Waals surface area contributed by atoms with Crippen LogP contribution in [0, 0.1) is 17.9 Å². The third-order valence-electron chi connectivity index (χ3n) is 9.38. The summed E-state index contributed by atoms with van der Waals surface area (Å²) in [7, 11) is 0. The zero-order chi connectivity index (χ0) is 30.7. The second kappa shape index (κ2) is 14.6. The molecule has 4 aromatic rings. The first kappa shape index (κ1) is 35.2. The Hall–Kier alpha value is -2.33. The van der Waals surface area contributed by atoms with Crippen molar-refractivity contribution in [1.82, 2.24) is 4.98 Å². The number of nitrogens with zero attached hydrogens (tertiary/aromatic N) is 1. The summed E-state index contributed by atoms with van der Waals surface area (Å²) in [4.78, 5) is 16.4. The average Bonchev–Trinajstić information content (AvgIpc) is 3.36. The van der Waals surface area contributed by atoms with Gasteiger partial charge in [0.15, 0.2) is 5.78 Å². The van der Waals surface area contributed by atoms with Gasteiger partial charge in [-0.05, 0) is 77.3 Å². The molecule has 5 heteroatoms. The first-order chi connectivity index (χ1) is 20.0. The van der Waals surface area contributed by atoms with Crippen LogP contribution in [0.25, 0.3) is 31.4 Å². The van der Waals surface area contributed by atoms with Crippen LogP contribution in [0.15, 0.2) is 60.5 Å². The van der Waals surface area contributed by atoms with Crippen LogP contribution in [0.1, 0.15) is 105 Å². The summed E-state index contributed by atoms with van der Waals surface area (Å²) >= 11 is 1.92. The van der Waals surface area contributed by atoms with Crippen LogP contribution in [-0.4, -0.2) is 15.9 Å². The van der Waals surface area contributed by atoms with Gasteiger partial charge in [0.2, 0.25) is 0 Å². The van der Waals surface area contributed by atoms with E-state index in [-0.39, 0.29) is 54.3 Å². The van der Waals surface area contributed by atoms with Gasteiger partial charge in [0.05, 0.1) is 5.76 Å². The predicted molar refractivity (Wildman–Crippen MR) is 181 cm³/mol. The summed E-state index contributed by atoms with van der Waals surface area (Å²) in [6, 6.07) is 18.4. The normalized spacial score (nSPS) is 15.6. The Bertz CT molecular complexity index is 1560. The molecule has 0 spiro atoms. The Morgan fingerprint density at radius 2 is 1.53 bits per heavy atom. The third-order valence-corrected chi connectivity index (χ3v) is 10.6. The van der Waals surface area contributed by atoms with Crippen molar-refractivity contribution in [2.45, 2.75) is 105 Å². The van der Waals surface area contributed by atoms with Gasteiger partial charge in [-0.2, -0.15) is 0 Å². The van der Waals surface area contributed by atoms with Crippen molar-refractivity contribution in [2.24, 2.45) is 11.8 Å². The second-order valence-corrected chi connectivity index (χ2v) is 14.1. The molecular formula is C38H48IrNO2S-. The zero-order valence-electron chi connectivity index (χ0n) is 27.1. The molecule has 1 radical (unpaired) electrons. The van der Waals surface area contributed by atoms with E-state index in [0.717, 1.165) is 36.9 Å². The minimum Gasteiger partial charge on any atom is -0.512 e. The van der Waals surface area contributed by atoms with Gasteiger partial charge in [-0.1, -0.05) is 67.5 Å². The van der Waals surface area contributed by atoms with E-state index in [9.17, 15) is 9.90 Å². The molecule has 233 valence electrons. The second-order valence-electron chi connectivity index (χ2n) is 13.0. The molecule has 0 amide bonds. The molecule has 1 N–H and O–H groups in total. The number of pyridine rings is 1. The molecule has 0 saturated heterocycles. The van der Waals surface area contributed by atoms with E-state index >= 15 is 0 Å². The Morgan fingerprint density at radius 1 is 0.907 bits per heavy atom. The van der Waals surface area contributed by atoms with E-state index in [1.807, 2.05) is 57.4 Å². The monoisotopic (exact) mass is 775 g/mol. The molecule has 1 aliphatic carbocycles. The molecule has 0 unspecified atom stereocenters. The molecule has 0 aliphatic heterocycles. The summed E-state index contributed by atoms with van der Waals surface area (Å²) in [6.45, 7) is 17.7. The van der Waals surface area contributed by atoms with Gasteiger partial charge >= 0.3 is 0 Å². The van der Waals surface area contributed by atoms with Crippen LogP contribution in [0.3, 0.4) is 0 Å². The largest absolute Gasteiger partial charge is 0.512 e. The van der Waals surface area contributed by atoms with Crippen molar-refractivity contribution in [3.8, 4) is 11.3 Å². The van der Waals surface area contributed by atoms with Crippen LogP contribution in [-0.2, 0) is 35.7 Å². The smallest absolute Gasteiger partial charge is 0.162 e. The number of hydrogen-bond acceptors (Lipinski definition) is 4. The van der Waals surface area contributed by atoms with Gasteiger partial charge < -0.3 is 10.1 Å². The molecule has 1 aliphatic rings. The number of hydrogen-bond donors (Lipinski definition) is 1. The maximum absolute atomic E-state index is 11.7. The number of carbonyl (C=O) groups excluding carboxylic acids is 1. The molecule has 2 heterocycles. The summed E-state index contributed by atoms with van der Waals surface area (Å²) in [5.41, 5.74) is 5.65. The Kier molecular flexibility index (Phi) is 12.0. The van der Waals surface area contributed by atoms with Gasteiger partial charge in [-0.15, -0.1) is 47.2 Å². The van der Waals surface area contributed by atoms with Crippen LogP contribution < -0.4 is 0 Å². The Labute approximate surface area is 276 Å². The quantitative estimate of drug-likeness (QED) is 0.110. The van der Waals surface area contributed by atoms with Crippen molar-refractivity contribution < 1.29 is 30.0 Å². The average molecular weight is 775 g/mol. The SMILES string of the molecule is CC1(C)CCC(C)(C)c2c1ccc1c2sc2c(-c3[c-]cccc3)nccc21.CCC(CC)C(=O)/C=C(\O)C(CC)CC.[Ir]. The van der Waals surface area contributed by atoms with E-state index in [1.54, 1.807) is 5.56 Å². The summed E-state index contributed by atoms with van der Waals surface area (Å²) < 4.78 is 2.73. The van der Waals surface area contributed by atoms with E-state index in [2.05, 4.69) is 64.1 Å². The fourth-order valence-corrected chi connectivity index (χ4v) is 7.93. The van der Waals surface area contributed by atoms with Crippen LogP contribution in [0.5, 0.6) is 0 Å². The maximum Gasteiger partial charge on any atom is 0.162 e. The predicted octanol–water partition coefficient (Wildman–Crippen LogP) is 11.1. The van der Waals surface area contributed by atoms with Crippen molar-refractivity contribution >= 4 is 37.3 Å². The summed E-state index contributed by atoms with van der Waals surface area (Å²) in [5, 5.41) is 12.5. The number of ketones is 1. The van der Waals surface area contributed by atoms with Gasteiger partial charge in [-0.25, -0.2) is 0 Å². The number of aliphatic hydroxyl groups excluding tert-OH is 1. The first-order valence-electron chi connectivity index (χ1n) is 15.8. The molecule has 0 saturated carbocycles. The number of thiophene rings is 1. The third kappa shape index (κ3) is 7.32. The van der Waals surface area contributed by atoms with E-state index in [1.165, 1.54) is 44.7 Å². The number of rotatable bonds is 8. The topological polar surface area (TPSA) is 50.2 Å². The number of aromatic nitrogens is 1. The summed E-state index contributed by atoms with van der Waals surface area (Å²) in [6.07, 6.45) is 9.33. The molecular weight excluding hydrogens is 727 g/mol. The molecule has 3 nitrogen and oxygen atoms in total. The Morgan fingerprint density at radius 3 is 2.14 bits per heavy atom. The van der Waals surface area contributed by atoms with Crippen LogP contribution >= 0.6 is 11.3 Å². The minimum atomic E-state index is 0. The van der Waals surface area contributed by atoms with Crippen LogP contribution in [0.4, 0.5) is 0 Å². The molecule has 2 aromatic heterocycles. The first-order valence-corrected chi connectivity index (χ1v) is 16.6. The molecule has 0 bridgehead atoms. The van der Waals surface area contributed by atoms with Crippen molar-refractivity contribution in [2.75, 3.05) is 0 Å². The molecule has 5 rings (SSSR count). The van der Waals surface area contributed by atoms with Gasteiger partial charge in [-0.3, -0.25) is 4.79 Å². The number of benzene rings is 2. The van der Waals surface area contributed by atoms with Crippen molar-refractivity contribution in [1.29, 1.82) is 0 Å². The standard InChI is InChI=1S/C25H24NS.C13H24O2.Ir/c1-24(2)13-14-25(3,4)20-19(24)11-10-17-18-12-15-26-21(23(18)27-22(17)20)16-8-6-5-7-9-16;1-5-10(6-2)12(14)9-13(15)11(7-3)8-4;/h5-8,10-12,15H,13-14H2,1-4H3;9-11,14H,5-8H2,1-4H3;/q-1;;/b;12-9-;. The molecule has 0 fully saturated rings. The van der Waals surface area contributed by atoms with E-state index < -0.39 is 0 Å². The van der Waals surface area contributed by atoms with E-state index in [4.69, 9.17) is 4.98 Å². The number of fused-ring (bicyclic) bond motifs is 5. The van der Waals surface area contributed by atoms with Gasteiger partial charge in [0.25, 0.3) is 0 Å². The fraction of sp³-hybridized carbons (Fsp3) is 0.474. The molecule has 2 aromatic carbocycles. The number of aliphatic hydroxyl groups is 1. The van der Waals surface area contributed by atoms with Gasteiger partial charge in [0, 0.05) is 59.3 Å². The van der Waals surface area contributed by atoms with Gasteiger partial charge in [0.1, 0.15) is 0 Å². The number of carbonyl (C=O) groups is 1. The zero-order valence-corrected chi connectivity index (χ0v) is 30.3. The fourth-order valence-electron chi connectivity index (χ4n) is 6.40. The van der Waals surface area contributed by atoms with Crippen molar-refractivity contribution in [3.63, 3.8) is 0 Å². The Balaban J connectivity index is 0.000000274. The maximum atomic E-state index is 11.7. The van der Waals surface area contributed by atoms with Crippen molar-refractivity contribution in [3.05, 3.63) is 77.7 Å². The summed E-state index contributed by atoms with van der Waals surface area (Å²) in [5.74, 6) is 0.547. The van der Waals surface area contributed by atoms with E-state index in [0.29, 0.717) is 0 Å². The molecule has 0 atom stereocenters.